The predicted octanol–water partition coefficient (Wildman–Crippen LogP) is 3.91. The fourth-order valence-electron chi connectivity index (χ4n) is 3.11. The molecule has 1 N–H and O–H groups in total. The number of carbonyl (C=O) groups excluding carboxylic acids is 2. The van der Waals surface area contributed by atoms with Crippen molar-refractivity contribution in [2.45, 2.75) is 6.04 Å². The molecule has 1 aliphatic rings. The minimum Gasteiger partial charge on any atom is -0.507 e. The van der Waals surface area contributed by atoms with Gasteiger partial charge >= 0.3 is 5.91 Å². The maximum atomic E-state index is 14.6. The molecule has 3 aromatic rings. The number of halogens is 1. The molecule has 4 rings (SSSR count). The lowest BCUT2D eigenvalue weighted by Gasteiger charge is -2.23. The minimum atomic E-state index is -1.10. The summed E-state index contributed by atoms with van der Waals surface area (Å²) in [6, 6.07) is 13.2. The van der Waals surface area contributed by atoms with E-state index < -0.39 is 23.5 Å². The molecule has 1 aromatic heterocycles. The fraction of sp³-hybridized carbons (Fsp3) is 0.0500. The van der Waals surface area contributed by atoms with Crippen LogP contribution in [0.3, 0.4) is 0 Å². The van der Waals surface area contributed by atoms with Crippen LogP contribution in [-0.2, 0) is 9.59 Å². The molecular formula is C20H13FN2O3S. The molecule has 1 atom stereocenters. The summed E-state index contributed by atoms with van der Waals surface area (Å²) >= 11 is 1.15. The summed E-state index contributed by atoms with van der Waals surface area (Å²) in [5, 5.41) is 12.7. The summed E-state index contributed by atoms with van der Waals surface area (Å²) < 4.78 is 14.6. The molecule has 0 aliphatic carbocycles. The third kappa shape index (κ3) is 2.82. The Morgan fingerprint density at radius 2 is 1.78 bits per heavy atom. The van der Waals surface area contributed by atoms with Crippen LogP contribution in [0.25, 0.3) is 5.76 Å². The van der Waals surface area contributed by atoms with Crippen LogP contribution in [0.1, 0.15) is 17.2 Å². The smallest absolute Gasteiger partial charge is 0.301 e. The van der Waals surface area contributed by atoms with Crippen LogP contribution in [0.2, 0.25) is 0 Å². The van der Waals surface area contributed by atoms with Crippen LogP contribution in [0, 0.1) is 5.82 Å². The number of aromatic nitrogens is 1. The van der Waals surface area contributed by atoms with Crippen molar-refractivity contribution in [2.24, 2.45) is 0 Å². The van der Waals surface area contributed by atoms with E-state index in [4.69, 9.17) is 0 Å². The van der Waals surface area contributed by atoms with Crippen molar-refractivity contribution in [3.63, 3.8) is 0 Å². The van der Waals surface area contributed by atoms with Crippen molar-refractivity contribution in [3.05, 3.63) is 88.7 Å². The highest BCUT2D eigenvalue weighted by Crippen LogP contribution is 2.43. The van der Waals surface area contributed by atoms with Gasteiger partial charge in [0, 0.05) is 22.7 Å². The van der Waals surface area contributed by atoms with Gasteiger partial charge in [0.2, 0.25) is 0 Å². The third-order valence-electron chi connectivity index (χ3n) is 4.32. The quantitative estimate of drug-likeness (QED) is 0.425. The molecule has 2 heterocycles. The number of thiazole rings is 1. The molecule has 5 nitrogen and oxygen atoms in total. The Morgan fingerprint density at radius 3 is 2.44 bits per heavy atom. The molecule has 0 spiro atoms. The first kappa shape index (κ1) is 17.1. The SMILES string of the molecule is O=C1C(=O)N(c2nccs2)[C@@H](c2ccccc2F)C1=C(O)c1ccccc1. The zero-order valence-electron chi connectivity index (χ0n) is 13.9. The van der Waals surface area contributed by atoms with Gasteiger partial charge in [-0.2, -0.15) is 0 Å². The predicted molar refractivity (Wildman–Crippen MR) is 99.7 cm³/mol. The summed E-state index contributed by atoms with van der Waals surface area (Å²) in [6.45, 7) is 0. The number of anilines is 1. The number of carbonyl (C=O) groups is 2. The van der Waals surface area contributed by atoms with Gasteiger partial charge in [0.05, 0.1) is 5.57 Å². The van der Waals surface area contributed by atoms with Gasteiger partial charge < -0.3 is 5.11 Å². The lowest BCUT2D eigenvalue weighted by Crippen LogP contribution is -2.29. The van der Waals surface area contributed by atoms with E-state index in [0.717, 1.165) is 16.2 Å². The van der Waals surface area contributed by atoms with Crippen LogP contribution in [0.15, 0.2) is 71.7 Å². The lowest BCUT2D eigenvalue weighted by atomic mass is 9.95. The first-order valence-corrected chi connectivity index (χ1v) is 8.98. The normalized spacial score (nSPS) is 18.9. The monoisotopic (exact) mass is 380 g/mol. The Morgan fingerprint density at radius 1 is 1.07 bits per heavy atom. The maximum absolute atomic E-state index is 14.6. The first-order valence-electron chi connectivity index (χ1n) is 8.10. The Labute approximate surface area is 158 Å². The first-order chi connectivity index (χ1) is 13.1. The Kier molecular flexibility index (Phi) is 4.29. The van der Waals surface area contributed by atoms with Gasteiger partial charge in [-0.1, -0.05) is 48.5 Å². The molecule has 1 aliphatic heterocycles. The average molecular weight is 380 g/mol. The lowest BCUT2D eigenvalue weighted by molar-refractivity contribution is -0.132. The average Bonchev–Trinajstić information content (AvgIpc) is 3.30. The number of amides is 1. The van der Waals surface area contributed by atoms with Crippen LogP contribution in [-0.4, -0.2) is 21.8 Å². The van der Waals surface area contributed by atoms with Gasteiger partial charge in [0.1, 0.15) is 17.6 Å². The van der Waals surface area contributed by atoms with Crippen molar-refractivity contribution < 1.29 is 19.1 Å². The van der Waals surface area contributed by atoms with Crippen molar-refractivity contribution in [2.75, 3.05) is 4.90 Å². The highest BCUT2D eigenvalue weighted by molar-refractivity contribution is 7.14. The fourth-order valence-corrected chi connectivity index (χ4v) is 3.77. The van der Waals surface area contributed by atoms with Crippen molar-refractivity contribution in [3.8, 4) is 0 Å². The van der Waals surface area contributed by atoms with E-state index >= 15 is 0 Å². The number of hydrogen-bond acceptors (Lipinski definition) is 5. The molecule has 1 amide bonds. The van der Waals surface area contributed by atoms with E-state index in [0.29, 0.717) is 5.56 Å². The van der Waals surface area contributed by atoms with Gasteiger partial charge in [-0.05, 0) is 6.07 Å². The number of hydrogen-bond donors (Lipinski definition) is 1. The van der Waals surface area contributed by atoms with Gasteiger partial charge in [-0.3, -0.25) is 14.5 Å². The van der Waals surface area contributed by atoms with Crippen molar-refractivity contribution in [1.29, 1.82) is 0 Å². The number of aliphatic hydroxyl groups is 1. The van der Waals surface area contributed by atoms with Crippen LogP contribution < -0.4 is 4.90 Å². The van der Waals surface area contributed by atoms with Gasteiger partial charge in [0.25, 0.3) is 5.78 Å². The molecule has 0 radical (unpaired) electrons. The second-order valence-corrected chi connectivity index (χ2v) is 6.74. The molecule has 27 heavy (non-hydrogen) atoms. The van der Waals surface area contributed by atoms with E-state index in [1.807, 2.05) is 0 Å². The van der Waals surface area contributed by atoms with Crippen molar-refractivity contribution >= 4 is 33.9 Å². The van der Waals surface area contributed by atoms with Gasteiger partial charge in [-0.15, -0.1) is 11.3 Å². The Bertz CT molecular complexity index is 1050. The summed E-state index contributed by atoms with van der Waals surface area (Å²) in [7, 11) is 0. The number of nitrogens with zero attached hydrogens (tertiary/aromatic N) is 2. The van der Waals surface area contributed by atoms with Gasteiger partial charge in [0.15, 0.2) is 5.13 Å². The Hall–Kier alpha value is -3.32. The number of benzene rings is 2. The maximum Gasteiger partial charge on any atom is 0.301 e. The molecule has 0 saturated carbocycles. The van der Waals surface area contributed by atoms with Gasteiger partial charge in [-0.25, -0.2) is 9.37 Å². The molecular weight excluding hydrogens is 367 g/mol. The standard InChI is InChI=1S/C20H13FN2O3S/c21-14-9-5-4-8-13(14)16-15(17(24)12-6-2-1-3-7-12)18(25)19(26)23(16)20-22-10-11-27-20/h1-11,16,24H/t16-/m0/s1. The largest absolute Gasteiger partial charge is 0.507 e. The Balaban J connectivity index is 1.98. The van der Waals surface area contributed by atoms with E-state index in [-0.39, 0.29) is 22.0 Å². The van der Waals surface area contributed by atoms with Crippen LogP contribution in [0.5, 0.6) is 0 Å². The van der Waals surface area contributed by atoms with E-state index in [1.165, 1.54) is 24.4 Å². The van der Waals surface area contributed by atoms with Crippen LogP contribution in [0.4, 0.5) is 9.52 Å². The summed E-state index contributed by atoms with van der Waals surface area (Å²) in [5.74, 6) is -2.65. The molecule has 0 bridgehead atoms. The second kappa shape index (κ2) is 6.77. The highest BCUT2D eigenvalue weighted by atomic mass is 32.1. The molecule has 0 unspecified atom stereocenters. The third-order valence-corrected chi connectivity index (χ3v) is 5.09. The summed E-state index contributed by atoms with van der Waals surface area (Å²) in [6.07, 6.45) is 1.49. The molecule has 134 valence electrons. The zero-order chi connectivity index (χ0) is 19.0. The minimum absolute atomic E-state index is 0.115. The molecule has 1 fully saturated rings. The van der Waals surface area contributed by atoms with E-state index in [9.17, 15) is 19.1 Å². The summed E-state index contributed by atoms with van der Waals surface area (Å²) in [4.78, 5) is 30.7. The molecule has 2 aromatic carbocycles. The number of ketones is 1. The van der Waals surface area contributed by atoms with E-state index in [2.05, 4.69) is 4.98 Å². The van der Waals surface area contributed by atoms with Crippen molar-refractivity contribution in [1.82, 2.24) is 4.98 Å². The topological polar surface area (TPSA) is 70.5 Å². The number of Topliss-reactive ketones (excluding diaryl/α,β-unsaturated/α-hetero) is 1. The molecule has 1 saturated heterocycles. The number of rotatable bonds is 3. The van der Waals surface area contributed by atoms with E-state index in [1.54, 1.807) is 41.8 Å². The highest BCUT2D eigenvalue weighted by Gasteiger charge is 2.48. The summed E-state index contributed by atoms with van der Waals surface area (Å²) in [5.41, 5.74) is 0.326. The zero-order valence-corrected chi connectivity index (χ0v) is 14.7. The molecule has 7 heteroatoms. The number of aliphatic hydroxyl groups excluding tert-OH is 1. The van der Waals surface area contributed by atoms with Crippen LogP contribution >= 0.6 is 11.3 Å². The second-order valence-electron chi connectivity index (χ2n) is 5.87.